The van der Waals surface area contributed by atoms with Gasteiger partial charge in [-0.05, 0) is 55.5 Å². The van der Waals surface area contributed by atoms with Gasteiger partial charge in [0, 0.05) is 43.0 Å². The summed E-state index contributed by atoms with van der Waals surface area (Å²) >= 11 is 0. The van der Waals surface area contributed by atoms with Gasteiger partial charge in [0.05, 0.1) is 31.3 Å². The third-order valence-electron chi connectivity index (χ3n) is 7.61. The third kappa shape index (κ3) is 6.36. The molecule has 11 nitrogen and oxygen atoms in total. The number of rotatable bonds is 11. The number of hydrogen-bond acceptors (Lipinski definition) is 10. The number of methoxy groups -OCH3 is 2. The van der Waals surface area contributed by atoms with Crippen molar-refractivity contribution in [3.8, 4) is 22.8 Å². The van der Waals surface area contributed by atoms with Gasteiger partial charge in [-0.1, -0.05) is 25.1 Å². The first kappa shape index (κ1) is 30.5. The molecule has 2 atom stereocenters. The van der Waals surface area contributed by atoms with E-state index in [-0.39, 0.29) is 5.82 Å². The van der Waals surface area contributed by atoms with Crippen LogP contribution < -0.4 is 4.74 Å². The minimum Gasteiger partial charge on any atom is -0.495 e. The first-order chi connectivity index (χ1) is 20.8. The summed E-state index contributed by atoms with van der Waals surface area (Å²) in [5.41, 5.74) is 5.28. The molecule has 0 unspecified atom stereocenters. The van der Waals surface area contributed by atoms with Crippen molar-refractivity contribution in [2.45, 2.75) is 50.7 Å². The van der Waals surface area contributed by atoms with Crippen LogP contribution in [0, 0.1) is 6.92 Å². The fourth-order valence-corrected chi connectivity index (χ4v) is 6.65. The number of para-hydroxylation sites is 1. The van der Waals surface area contributed by atoms with Gasteiger partial charge < -0.3 is 14.2 Å². The van der Waals surface area contributed by atoms with E-state index >= 15 is 0 Å². The second-order valence-corrected chi connectivity index (χ2v) is 12.8. The van der Waals surface area contributed by atoms with Crippen LogP contribution in [-0.4, -0.2) is 70.8 Å². The van der Waals surface area contributed by atoms with Gasteiger partial charge >= 0.3 is 0 Å². The maximum Gasteiger partial charge on any atom is 0.170 e. The van der Waals surface area contributed by atoms with Gasteiger partial charge in [-0.15, -0.1) is 10.2 Å². The molecular formula is C31H36N6O5S. The van der Waals surface area contributed by atoms with E-state index in [1.54, 1.807) is 43.4 Å². The highest BCUT2D eigenvalue weighted by molar-refractivity contribution is 7.91. The predicted octanol–water partition coefficient (Wildman–Crippen LogP) is 4.49. The lowest BCUT2D eigenvalue weighted by atomic mass is 10.1. The maximum absolute atomic E-state index is 14.0. The molecule has 0 saturated carbocycles. The van der Waals surface area contributed by atoms with E-state index < -0.39 is 26.9 Å². The van der Waals surface area contributed by atoms with Crippen molar-refractivity contribution in [2.24, 2.45) is 0 Å². The Hall–Kier alpha value is -4.00. The molecular weight excluding hydrogens is 568 g/mol. The Kier molecular flexibility index (Phi) is 9.28. The van der Waals surface area contributed by atoms with E-state index in [0.717, 1.165) is 28.7 Å². The van der Waals surface area contributed by atoms with Crippen molar-refractivity contribution in [2.75, 3.05) is 27.4 Å². The Morgan fingerprint density at radius 2 is 1.86 bits per heavy atom. The van der Waals surface area contributed by atoms with Crippen LogP contribution in [0.1, 0.15) is 54.7 Å². The van der Waals surface area contributed by atoms with Crippen molar-refractivity contribution < 1.29 is 22.6 Å². The van der Waals surface area contributed by atoms with Gasteiger partial charge in [-0.3, -0.25) is 9.55 Å². The highest BCUT2D eigenvalue weighted by atomic mass is 32.2. The average Bonchev–Trinajstić information content (AvgIpc) is 3.43. The highest BCUT2D eigenvalue weighted by Crippen LogP contribution is 2.34. The molecule has 4 aromatic rings. The van der Waals surface area contributed by atoms with Gasteiger partial charge in [0.25, 0.3) is 0 Å². The zero-order valence-electron chi connectivity index (χ0n) is 25.0. The van der Waals surface area contributed by atoms with E-state index in [2.05, 4.69) is 25.1 Å². The Morgan fingerprint density at radius 3 is 2.51 bits per heavy atom. The molecule has 226 valence electrons. The number of aromatic nitrogens is 6. The average molecular weight is 605 g/mol. The molecule has 43 heavy (non-hydrogen) atoms. The number of nitrogens with zero attached hydrogens (tertiary/aromatic N) is 6. The molecule has 0 spiro atoms. The van der Waals surface area contributed by atoms with E-state index in [4.69, 9.17) is 14.2 Å². The summed E-state index contributed by atoms with van der Waals surface area (Å²) in [5.74, 6) is 1.20. The highest BCUT2D eigenvalue weighted by Gasteiger charge is 2.35. The number of aryl methyl sites for hydroxylation is 2. The van der Waals surface area contributed by atoms with E-state index in [1.165, 1.54) is 7.11 Å². The van der Waals surface area contributed by atoms with Crippen LogP contribution in [0.5, 0.6) is 5.75 Å². The van der Waals surface area contributed by atoms with Gasteiger partial charge in [0.2, 0.25) is 0 Å². The van der Waals surface area contributed by atoms with Crippen molar-refractivity contribution in [1.29, 1.82) is 0 Å². The number of benzene rings is 1. The number of hydrogen-bond donors (Lipinski definition) is 0. The minimum atomic E-state index is -3.86. The number of sulfone groups is 1. The second-order valence-electron chi connectivity index (χ2n) is 10.4. The van der Waals surface area contributed by atoms with E-state index in [9.17, 15) is 8.42 Å². The Labute approximate surface area is 251 Å². The fourth-order valence-electron chi connectivity index (χ4n) is 5.23. The van der Waals surface area contributed by atoms with Crippen molar-refractivity contribution >= 4 is 15.4 Å². The number of pyridine rings is 1. The lowest BCUT2D eigenvalue weighted by molar-refractivity contribution is 0.0947. The zero-order chi connectivity index (χ0) is 30.6. The van der Waals surface area contributed by atoms with Crippen LogP contribution >= 0.6 is 0 Å². The van der Waals surface area contributed by atoms with Crippen LogP contribution in [0.3, 0.4) is 0 Å². The molecule has 1 aliphatic heterocycles. The molecule has 0 fully saturated rings. The van der Waals surface area contributed by atoms with Crippen LogP contribution in [0.4, 0.5) is 0 Å². The Balaban J connectivity index is 1.53. The minimum absolute atomic E-state index is 0.250. The van der Waals surface area contributed by atoms with Crippen LogP contribution in [0.2, 0.25) is 0 Å². The summed E-state index contributed by atoms with van der Waals surface area (Å²) in [7, 11) is -0.816. The largest absolute Gasteiger partial charge is 0.495 e. The first-order valence-electron chi connectivity index (χ1n) is 14.1. The summed E-state index contributed by atoms with van der Waals surface area (Å²) in [5, 5.41) is 7.88. The van der Waals surface area contributed by atoms with Crippen LogP contribution in [-0.2, 0) is 31.5 Å². The molecule has 1 aromatic carbocycles. The molecule has 5 rings (SSSR count). The topological polar surface area (TPSA) is 131 Å². The SMILES string of the molecule is CCc1cccc(OC)c1-n1c(CS(=O)(=O)[C@@H](C)[C@H](OC)c2ncc(C3=CCOCC3)cn2)nnc1-c1cncc(C)c1. The molecule has 0 saturated heterocycles. The Bertz CT molecular complexity index is 1700. The maximum atomic E-state index is 14.0. The normalized spacial score (nSPS) is 15.1. The molecule has 3 aromatic heterocycles. The Morgan fingerprint density at radius 1 is 1.07 bits per heavy atom. The fraction of sp³-hybridized carbons (Fsp3) is 0.387. The quantitative estimate of drug-likeness (QED) is 0.241. The monoisotopic (exact) mass is 604 g/mol. The van der Waals surface area contributed by atoms with Crippen LogP contribution in [0.15, 0.2) is 55.1 Å². The van der Waals surface area contributed by atoms with E-state index in [0.29, 0.717) is 48.3 Å². The molecule has 0 aliphatic carbocycles. The summed E-state index contributed by atoms with van der Waals surface area (Å²) < 4.78 is 46.6. The van der Waals surface area contributed by atoms with E-state index in [1.807, 2.05) is 44.2 Å². The summed E-state index contributed by atoms with van der Waals surface area (Å²) in [6.07, 6.45) is 9.42. The van der Waals surface area contributed by atoms with Gasteiger partial charge in [0.15, 0.2) is 27.3 Å². The molecule has 0 N–H and O–H groups in total. The van der Waals surface area contributed by atoms with Gasteiger partial charge in [-0.2, -0.15) is 0 Å². The van der Waals surface area contributed by atoms with Crippen molar-refractivity contribution in [3.63, 3.8) is 0 Å². The van der Waals surface area contributed by atoms with Crippen molar-refractivity contribution in [3.05, 3.63) is 83.5 Å². The molecule has 0 bridgehead atoms. The predicted molar refractivity (Wildman–Crippen MR) is 163 cm³/mol. The summed E-state index contributed by atoms with van der Waals surface area (Å²) in [4.78, 5) is 13.3. The van der Waals surface area contributed by atoms with Crippen molar-refractivity contribution in [1.82, 2.24) is 29.7 Å². The zero-order valence-corrected chi connectivity index (χ0v) is 25.8. The molecule has 0 radical (unpaired) electrons. The van der Waals surface area contributed by atoms with Gasteiger partial charge in [0.1, 0.15) is 17.6 Å². The second kappa shape index (κ2) is 13.1. The summed E-state index contributed by atoms with van der Waals surface area (Å²) in [6, 6.07) is 7.67. The van der Waals surface area contributed by atoms with Crippen LogP contribution in [0.25, 0.3) is 22.6 Å². The first-order valence-corrected chi connectivity index (χ1v) is 15.8. The molecule has 1 aliphatic rings. The van der Waals surface area contributed by atoms with Gasteiger partial charge in [-0.25, -0.2) is 18.4 Å². The third-order valence-corrected chi connectivity index (χ3v) is 9.65. The standard InChI is InChI=1S/C31H36N6O5S/c1-6-22-8-7-9-26(40-4)28(22)37-27(35-36-31(37)24-14-20(2)15-32-16-24)19-43(38,39)21(3)29(41-5)30-33-17-25(18-34-30)23-10-12-42-13-11-23/h7-10,14-18,21,29H,6,11-13,19H2,1-5H3/t21-,29-/m0/s1. The lowest BCUT2D eigenvalue weighted by Gasteiger charge is -2.22. The molecule has 4 heterocycles. The lowest BCUT2D eigenvalue weighted by Crippen LogP contribution is -2.30. The summed E-state index contributed by atoms with van der Waals surface area (Å²) in [6.45, 7) is 6.76. The molecule has 0 amide bonds. The smallest absolute Gasteiger partial charge is 0.170 e. The molecule has 12 heteroatoms. The number of ether oxygens (including phenoxy) is 3.